The molecule has 138 valence electrons. The van der Waals surface area contributed by atoms with Gasteiger partial charge in [-0.2, -0.15) is 0 Å². The first-order chi connectivity index (χ1) is 12.7. The van der Waals surface area contributed by atoms with Crippen LogP contribution in [0.3, 0.4) is 0 Å². The molecule has 0 unspecified atom stereocenters. The second kappa shape index (κ2) is 9.07. The number of aromatic nitrogens is 1. The molecule has 27 heavy (non-hydrogen) atoms. The van der Waals surface area contributed by atoms with Crippen LogP contribution in [0.5, 0.6) is 0 Å². The Bertz CT molecular complexity index is 861. The van der Waals surface area contributed by atoms with E-state index in [-0.39, 0.29) is 5.82 Å². The van der Waals surface area contributed by atoms with E-state index in [9.17, 15) is 9.18 Å². The van der Waals surface area contributed by atoms with Gasteiger partial charge in [0.15, 0.2) is 0 Å². The van der Waals surface area contributed by atoms with E-state index in [0.29, 0.717) is 43.2 Å². The van der Waals surface area contributed by atoms with Crippen LogP contribution in [0.1, 0.15) is 31.9 Å². The van der Waals surface area contributed by atoms with Crippen molar-refractivity contribution in [1.82, 2.24) is 4.98 Å². The van der Waals surface area contributed by atoms with Gasteiger partial charge in [0.1, 0.15) is 0 Å². The zero-order chi connectivity index (χ0) is 20.0. The zero-order valence-corrected chi connectivity index (χ0v) is 19.9. The summed E-state index contributed by atoms with van der Waals surface area (Å²) in [5, 5.41) is 8.82. The summed E-state index contributed by atoms with van der Waals surface area (Å²) in [5.74, 6) is 0.0425. The van der Waals surface area contributed by atoms with Crippen molar-refractivity contribution in [2.45, 2.75) is 26.4 Å². The molecule has 1 aromatic heterocycles. The van der Waals surface area contributed by atoms with E-state index in [4.69, 9.17) is 10.1 Å². The Hall–Kier alpha value is -2.30. The third kappa shape index (κ3) is 6.74. The number of hydrogen-bond donors (Lipinski definition) is 3. The maximum atomic E-state index is 13.0. The standard InChI is InChI=1S/C19H21FN4O2.Tl/c1-19(2,3)26-18(25)24-17-10-14(16(22)11-23-17)15(21)9-6-12-4-7-13(20)8-5-12;/h4-11H,1-3H3,(H4,21,22,23,24,25);/q;+1/b9-6+;. The van der Waals surface area contributed by atoms with Crippen molar-refractivity contribution in [2.75, 3.05) is 8.44 Å². The van der Waals surface area contributed by atoms with Gasteiger partial charge in [-0.05, 0) is 0 Å². The molecule has 0 saturated heterocycles. The molecule has 0 atom stereocenters. The van der Waals surface area contributed by atoms with E-state index in [1.807, 2.05) is 0 Å². The molecule has 0 bridgehead atoms. The number of rotatable bonds is 5. The number of pyridine rings is 1. The Kier molecular flexibility index (Phi) is 7.06. The Morgan fingerprint density at radius 3 is 2.56 bits per heavy atom. The summed E-state index contributed by atoms with van der Waals surface area (Å²) >= 11 is 0.495. The first kappa shape index (κ1) is 21.0. The van der Waals surface area contributed by atoms with Gasteiger partial charge >= 0.3 is 174 Å². The van der Waals surface area contributed by atoms with Crippen LogP contribution < -0.4 is 13.9 Å². The third-order valence-electron chi connectivity index (χ3n) is 3.32. The molecule has 0 aliphatic heterocycles. The molecular weight excluding hydrogens is 540 g/mol. The van der Waals surface area contributed by atoms with Gasteiger partial charge in [-0.1, -0.05) is 0 Å². The van der Waals surface area contributed by atoms with E-state index in [1.54, 1.807) is 57.3 Å². The first-order valence-electron chi connectivity index (χ1n) is 8.21. The van der Waals surface area contributed by atoms with Crippen molar-refractivity contribution in [1.29, 1.82) is 0 Å². The second-order valence-corrected chi connectivity index (χ2v) is 7.85. The Balaban J connectivity index is 2.19. The van der Waals surface area contributed by atoms with E-state index in [0.717, 1.165) is 11.3 Å². The number of anilines is 2. The monoisotopic (exact) mass is 561 g/mol. The van der Waals surface area contributed by atoms with Gasteiger partial charge in [0, 0.05) is 0 Å². The first-order valence-corrected chi connectivity index (χ1v) is 10.5. The molecule has 2 rings (SSSR count). The van der Waals surface area contributed by atoms with E-state index in [1.165, 1.54) is 12.1 Å². The fourth-order valence-corrected chi connectivity index (χ4v) is 3.03. The topological polar surface area (TPSA) is 88.8 Å². The predicted molar refractivity (Wildman–Crippen MR) is 105 cm³/mol. The van der Waals surface area contributed by atoms with Crippen LogP contribution in [0.4, 0.5) is 20.7 Å². The molecule has 1 amide bonds. The second-order valence-electron chi connectivity index (χ2n) is 6.73. The van der Waals surface area contributed by atoms with Crippen molar-refractivity contribution in [3.8, 4) is 0 Å². The molecule has 6 nitrogen and oxygen atoms in total. The molecule has 0 aliphatic rings. The van der Waals surface area contributed by atoms with Crippen molar-refractivity contribution in [3.05, 3.63) is 59.5 Å². The zero-order valence-electron chi connectivity index (χ0n) is 15.4. The van der Waals surface area contributed by atoms with Crippen molar-refractivity contribution in [2.24, 2.45) is 0 Å². The van der Waals surface area contributed by atoms with Crippen LogP contribution in [0, 0.1) is 5.82 Å². The van der Waals surface area contributed by atoms with Crippen LogP contribution in [-0.4, -0.2) is 48.5 Å². The minimum absolute atomic E-state index is 0.292. The fourth-order valence-electron chi connectivity index (χ4n) is 2.14. The van der Waals surface area contributed by atoms with Crippen LogP contribution in [0.2, 0.25) is 0 Å². The van der Waals surface area contributed by atoms with E-state index >= 15 is 0 Å². The van der Waals surface area contributed by atoms with Crippen LogP contribution in [-0.2, 0) is 4.74 Å². The number of carbonyl (C=O) groups excluding carboxylic acids is 1. The number of carbonyl (C=O) groups is 1. The summed E-state index contributed by atoms with van der Waals surface area (Å²) in [7, 11) is 0. The molecule has 0 spiro atoms. The number of allylic oxidation sites excluding steroid dienone is 1. The predicted octanol–water partition coefficient (Wildman–Crippen LogP) is 2.32. The number of nitrogens with zero attached hydrogens (tertiary/aromatic N) is 1. The normalized spacial score (nSPS) is 11.2. The van der Waals surface area contributed by atoms with Gasteiger partial charge in [0.25, 0.3) is 0 Å². The van der Waals surface area contributed by atoms with Crippen molar-refractivity contribution in [3.63, 3.8) is 0 Å². The molecule has 0 fully saturated rings. The van der Waals surface area contributed by atoms with Gasteiger partial charge in [-0.3, -0.25) is 0 Å². The van der Waals surface area contributed by atoms with Gasteiger partial charge in [0.2, 0.25) is 0 Å². The third-order valence-corrected chi connectivity index (χ3v) is 4.53. The summed E-state index contributed by atoms with van der Waals surface area (Å²) in [6, 6.07) is 7.77. The van der Waals surface area contributed by atoms with Gasteiger partial charge in [-0.15, -0.1) is 0 Å². The number of amides is 1. The summed E-state index contributed by atoms with van der Waals surface area (Å²) in [4.78, 5) is 16.1. The number of hydrogen-bond acceptors (Lipinski definition) is 4. The number of benzene rings is 1. The van der Waals surface area contributed by atoms with Crippen molar-refractivity contribution < 1.29 is 19.3 Å². The Morgan fingerprint density at radius 2 is 1.96 bits per heavy atom. The van der Waals surface area contributed by atoms with Crippen LogP contribution in [0.25, 0.3) is 6.08 Å². The number of ether oxygens (including phenoxy) is 1. The number of halogens is 1. The van der Waals surface area contributed by atoms with E-state index in [2.05, 4.69) is 13.4 Å². The molecule has 0 aliphatic carbocycles. The van der Waals surface area contributed by atoms with Crippen LogP contribution >= 0.6 is 0 Å². The quantitative estimate of drug-likeness (QED) is 0.387. The maximum absolute atomic E-state index is 13.0. The molecule has 1 heterocycles. The van der Waals surface area contributed by atoms with Gasteiger partial charge in [0.05, 0.1) is 0 Å². The van der Waals surface area contributed by atoms with E-state index < -0.39 is 11.7 Å². The molecule has 0 saturated carbocycles. The van der Waals surface area contributed by atoms with Crippen LogP contribution in [0.15, 0.2) is 42.6 Å². The number of nitrogens with one attached hydrogen (secondary N) is 2. The molecule has 8 heteroatoms. The van der Waals surface area contributed by atoms with Gasteiger partial charge < -0.3 is 0 Å². The molecule has 0 radical (unpaired) electrons. The fraction of sp³-hybridized carbons (Fsp3) is 0.211. The number of nitrogens with two attached hydrogens (primary N) is 1. The Labute approximate surface area is 173 Å². The summed E-state index contributed by atoms with van der Waals surface area (Å²) in [6.07, 6.45) is 4.54. The molecule has 4 N–H and O–H groups in total. The average molecular weight is 561 g/mol. The summed E-state index contributed by atoms with van der Waals surface area (Å²) in [6.45, 7) is 5.35. The molecular formula is C19H21FN4O2Tl+. The average Bonchev–Trinajstić information content (AvgIpc) is 2.59. The van der Waals surface area contributed by atoms with Gasteiger partial charge in [-0.25, -0.2) is 0 Å². The van der Waals surface area contributed by atoms with Crippen molar-refractivity contribution >= 4 is 55.5 Å². The molecule has 1 aromatic carbocycles. The molecule has 2 aromatic rings. The summed E-state index contributed by atoms with van der Waals surface area (Å²) in [5.41, 5.74) is 2.18. The Morgan fingerprint density at radius 1 is 1.30 bits per heavy atom. The SMILES string of the molecule is CC(C)(C)OC(=O)Nc1cc(C(=[NH2+])/C=C/c2ccc(F)cc2)c([NH][Tl])cn1. The minimum atomic E-state index is -0.604. The summed E-state index contributed by atoms with van der Waals surface area (Å²) < 4.78 is 21.4.